The van der Waals surface area contributed by atoms with Gasteiger partial charge >= 0.3 is 0 Å². The first-order valence-electron chi connectivity index (χ1n) is 6.03. The fourth-order valence-corrected chi connectivity index (χ4v) is 2.16. The number of ether oxygens (including phenoxy) is 3. The highest BCUT2D eigenvalue weighted by molar-refractivity contribution is 5.93. The zero-order valence-corrected chi connectivity index (χ0v) is 11.6. The van der Waals surface area contributed by atoms with Gasteiger partial charge in [0.1, 0.15) is 0 Å². The van der Waals surface area contributed by atoms with Gasteiger partial charge in [-0.15, -0.1) is 0 Å². The van der Waals surface area contributed by atoms with Gasteiger partial charge in [-0.1, -0.05) is 12.1 Å². The summed E-state index contributed by atoms with van der Waals surface area (Å²) in [5.41, 5.74) is 0.849. The van der Waals surface area contributed by atoms with Gasteiger partial charge in [-0.25, -0.2) is 0 Å². The molecule has 0 aliphatic heterocycles. The number of hydrogen-bond acceptors (Lipinski definition) is 4. The van der Waals surface area contributed by atoms with Crippen molar-refractivity contribution in [3.05, 3.63) is 29.8 Å². The molecule has 0 saturated carbocycles. The van der Waals surface area contributed by atoms with Crippen LogP contribution in [0.1, 0.15) is 18.6 Å². The van der Waals surface area contributed by atoms with Crippen molar-refractivity contribution in [2.75, 3.05) is 21.3 Å². The largest absolute Gasteiger partial charge is 0.493 e. The van der Waals surface area contributed by atoms with Gasteiger partial charge in [0.15, 0.2) is 11.5 Å². The summed E-state index contributed by atoms with van der Waals surface area (Å²) in [7, 11) is 4.76. The first-order chi connectivity index (χ1) is 9.12. The summed E-state index contributed by atoms with van der Waals surface area (Å²) in [4.78, 5) is 0. The number of rotatable bonds is 4. The first-order valence-corrected chi connectivity index (χ1v) is 6.03. The zero-order valence-electron chi connectivity index (χ0n) is 11.6. The predicted octanol–water partition coefficient (Wildman–Crippen LogP) is 2.92. The molecular weight excluding hydrogens is 244 g/mol. The van der Waals surface area contributed by atoms with Crippen molar-refractivity contribution in [2.24, 2.45) is 0 Å². The molecule has 0 saturated heterocycles. The van der Waals surface area contributed by atoms with Crippen molar-refractivity contribution >= 4 is 10.8 Å². The van der Waals surface area contributed by atoms with Crippen LogP contribution in [0.5, 0.6) is 17.2 Å². The van der Waals surface area contributed by atoms with E-state index in [0.29, 0.717) is 17.2 Å². The normalized spacial score (nSPS) is 12.3. The zero-order chi connectivity index (χ0) is 14.0. The Morgan fingerprint density at radius 2 is 1.63 bits per heavy atom. The van der Waals surface area contributed by atoms with Crippen LogP contribution in [0.15, 0.2) is 24.3 Å². The number of methoxy groups -OCH3 is 3. The standard InChI is InChI=1S/C15H18O4/c1-9(16)10-5-6-12-11(7-10)8-13(17-2)15(19-4)14(12)18-3/h5-9,16H,1-4H3. The van der Waals surface area contributed by atoms with Gasteiger partial charge in [0, 0.05) is 5.39 Å². The monoisotopic (exact) mass is 262 g/mol. The van der Waals surface area contributed by atoms with E-state index < -0.39 is 6.10 Å². The van der Waals surface area contributed by atoms with Crippen LogP contribution in [0.25, 0.3) is 10.8 Å². The maximum absolute atomic E-state index is 9.65. The Kier molecular flexibility index (Phi) is 3.81. The molecule has 2 aromatic carbocycles. The summed E-state index contributed by atoms with van der Waals surface area (Å²) in [6.07, 6.45) is -0.511. The van der Waals surface area contributed by atoms with Crippen LogP contribution in [0, 0.1) is 0 Å². The number of aliphatic hydroxyl groups is 1. The minimum absolute atomic E-state index is 0.511. The summed E-state index contributed by atoms with van der Waals surface area (Å²) in [5.74, 6) is 1.81. The smallest absolute Gasteiger partial charge is 0.203 e. The fourth-order valence-electron chi connectivity index (χ4n) is 2.16. The Bertz CT molecular complexity index is 590. The number of aliphatic hydroxyl groups excluding tert-OH is 1. The minimum Gasteiger partial charge on any atom is -0.493 e. The van der Waals surface area contributed by atoms with Crippen LogP contribution >= 0.6 is 0 Å². The van der Waals surface area contributed by atoms with Crippen LogP contribution in [0.2, 0.25) is 0 Å². The first kappa shape index (κ1) is 13.5. The maximum atomic E-state index is 9.65. The molecule has 4 nitrogen and oxygen atoms in total. The molecule has 0 heterocycles. The van der Waals surface area contributed by atoms with Gasteiger partial charge in [0.25, 0.3) is 0 Å². The highest BCUT2D eigenvalue weighted by Crippen LogP contribution is 2.43. The molecule has 2 rings (SSSR count). The molecule has 0 fully saturated rings. The minimum atomic E-state index is -0.511. The molecule has 0 radical (unpaired) electrons. The molecule has 0 aromatic heterocycles. The van der Waals surface area contributed by atoms with Gasteiger partial charge in [0.05, 0.1) is 27.4 Å². The van der Waals surface area contributed by atoms with Crippen LogP contribution in [-0.4, -0.2) is 26.4 Å². The Hall–Kier alpha value is -1.94. The predicted molar refractivity (Wildman–Crippen MR) is 74.2 cm³/mol. The summed E-state index contributed by atoms with van der Waals surface area (Å²) < 4.78 is 16.1. The van der Waals surface area contributed by atoms with E-state index in [1.54, 1.807) is 28.3 Å². The highest BCUT2D eigenvalue weighted by Gasteiger charge is 2.16. The summed E-state index contributed by atoms with van der Waals surface area (Å²) in [5, 5.41) is 11.5. The second-order valence-corrected chi connectivity index (χ2v) is 4.30. The second kappa shape index (κ2) is 5.36. The van der Waals surface area contributed by atoms with Gasteiger partial charge in [0.2, 0.25) is 5.75 Å². The Morgan fingerprint density at radius 3 is 2.16 bits per heavy atom. The molecule has 1 atom stereocenters. The van der Waals surface area contributed by atoms with Gasteiger partial charge in [-0.3, -0.25) is 0 Å². The maximum Gasteiger partial charge on any atom is 0.203 e. The molecule has 1 unspecified atom stereocenters. The Labute approximate surface area is 112 Å². The van der Waals surface area contributed by atoms with Gasteiger partial charge in [-0.05, 0) is 30.0 Å². The SMILES string of the molecule is COc1cc2cc(C(C)O)ccc2c(OC)c1OC. The average Bonchev–Trinajstić information content (AvgIpc) is 2.43. The lowest BCUT2D eigenvalue weighted by molar-refractivity contribution is 0.199. The molecular formula is C15H18O4. The van der Waals surface area contributed by atoms with E-state index in [1.807, 2.05) is 24.3 Å². The number of hydrogen-bond donors (Lipinski definition) is 1. The number of fused-ring (bicyclic) bond motifs is 1. The van der Waals surface area contributed by atoms with Crippen LogP contribution in [0.4, 0.5) is 0 Å². The molecule has 0 spiro atoms. The van der Waals surface area contributed by atoms with E-state index >= 15 is 0 Å². The van der Waals surface area contributed by atoms with Crippen molar-refractivity contribution in [1.82, 2.24) is 0 Å². The molecule has 1 N–H and O–H groups in total. The highest BCUT2D eigenvalue weighted by atomic mass is 16.5. The fraction of sp³-hybridized carbons (Fsp3) is 0.333. The van der Waals surface area contributed by atoms with Gasteiger partial charge < -0.3 is 19.3 Å². The lowest BCUT2D eigenvalue weighted by atomic mass is 10.0. The average molecular weight is 262 g/mol. The Morgan fingerprint density at radius 1 is 0.947 bits per heavy atom. The van der Waals surface area contributed by atoms with Crippen molar-refractivity contribution in [2.45, 2.75) is 13.0 Å². The molecule has 0 bridgehead atoms. The third kappa shape index (κ3) is 2.31. The van der Waals surface area contributed by atoms with Crippen LogP contribution in [0.3, 0.4) is 0 Å². The molecule has 0 aliphatic rings. The Balaban J connectivity index is 2.76. The lowest BCUT2D eigenvalue weighted by Crippen LogP contribution is -1.97. The molecule has 4 heteroatoms. The number of benzene rings is 2. The van der Waals surface area contributed by atoms with Crippen LogP contribution in [-0.2, 0) is 0 Å². The molecule has 19 heavy (non-hydrogen) atoms. The van der Waals surface area contributed by atoms with E-state index in [1.165, 1.54) is 0 Å². The third-order valence-corrected chi connectivity index (χ3v) is 3.15. The quantitative estimate of drug-likeness (QED) is 0.920. The van der Waals surface area contributed by atoms with Gasteiger partial charge in [-0.2, -0.15) is 0 Å². The molecule has 0 aliphatic carbocycles. The summed E-state index contributed by atoms with van der Waals surface area (Å²) in [6, 6.07) is 7.59. The van der Waals surface area contributed by atoms with E-state index in [9.17, 15) is 5.11 Å². The van der Waals surface area contributed by atoms with E-state index in [-0.39, 0.29) is 0 Å². The van der Waals surface area contributed by atoms with Crippen molar-refractivity contribution in [1.29, 1.82) is 0 Å². The van der Waals surface area contributed by atoms with Crippen molar-refractivity contribution < 1.29 is 19.3 Å². The van der Waals surface area contributed by atoms with Crippen molar-refractivity contribution in [3.8, 4) is 17.2 Å². The van der Waals surface area contributed by atoms with Crippen molar-refractivity contribution in [3.63, 3.8) is 0 Å². The van der Waals surface area contributed by atoms with E-state index in [2.05, 4.69) is 0 Å². The molecule has 102 valence electrons. The molecule has 0 amide bonds. The third-order valence-electron chi connectivity index (χ3n) is 3.15. The molecule has 2 aromatic rings. The second-order valence-electron chi connectivity index (χ2n) is 4.30. The lowest BCUT2D eigenvalue weighted by Gasteiger charge is -2.15. The topological polar surface area (TPSA) is 47.9 Å². The van der Waals surface area contributed by atoms with E-state index in [4.69, 9.17) is 14.2 Å². The summed E-state index contributed by atoms with van der Waals surface area (Å²) in [6.45, 7) is 1.74. The van der Waals surface area contributed by atoms with E-state index in [0.717, 1.165) is 16.3 Å². The van der Waals surface area contributed by atoms with Crippen LogP contribution < -0.4 is 14.2 Å². The summed E-state index contributed by atoms with van der Waals surface area (Å²) >= 11 is 0.